The third-order valence-electron chi connectivity index (χ3n) is 2.99. The Balaban J connectivity index is 2.21. The lowest BCUT2D eigenvalue weighted by Gasteiger charge is -2.21. The average Bonchev–Trinajstić information content (AvgIpc) is 2.48. The predicted octanol–water partition coefficient (Wildman–Crippen LogP) is 3.82. The highest BCUT2D eigenvalue weighted by atomic mass is 16.5. The number of hydrogen-bond acceptors (Lipinski definition) is 3. The summed E-state index contributed by atoms with van der Waals surface area (Å²) < 4.78 is 11.6. The van der Waals surface area contributed by atoms with Crippen molar-refractivity contribution in [1.82, 2.24) is 4.98 Å². The second-order valence-electron chi connectivity index (χ2n) is 6.10. The molecule has 0 radical (unpaired) electrons. The summed E-state index contributed by atoms with van der Waals surface area (Å²) in [4.78, 5) is 4.50. The van der Waals surface area contributed by atoms with Crippen molar-refractivity contribution in [2.45, 2.75) is 33.3 Å². The Morgan fingerprint density at radius 2 is 1.65 bits per heavy atom. The monoisotopic (exact) mass is 309 g/mol. The zero-order valence-corrected chi connectivity index (χ0v) is 14.2. The standard InChI is InChI=1S/C20H23NO2/c1-6-8-18-15(7-2)9-14-19(21-18)22-16-10-12-17(13-11-16)23-20(3,4)5/h6-14H,1H2,2-5H3/b15-7-,18-8+. The van der Waals surface area contributed by atoms with Crippen molar-refractivity contribution in [3.05, 3.63) is 59.6 Å². The molecule has 1 heterocycles. The van der Waals surface area contributed by atoms with Gasteiger partial charge in [0.1, 0.15) is 17.1 Å². The molecule has 1 aromatic heterocycles. The van der Waals surface area contributed by atoms with Gasteiger partial charge in [0.2, 0.25) is 5.88 Å². The van der Waals surface area contributed by atoms with E-state index in [1.54, 1.807) is 6.08 Å². The molecule has 0 spiro atoms. The summed E-state index contributed by atoms with van der Waals surface area (Å²) in [6.45, 7) is 11.8. The van der Waals surface area contributed by atoms with Crippen LogP contribution in [0.4, 0.5) is 0 Å². The molecular weight excluding hydrogens is 286 g/mol. The molecule has 0 amide bonds. The highest BCUT2D eigenvalue weighted by Crippen LogP contribution is 2.24. The number of benzene rings is 1. The minimum atomic E-state index is -0.216. The third-order valence-corrected chi connectivity index (χ3v) is 2.99. The molecule has 0 atom stereocenters. The molecule has 0 saturated carbocycles. The second-order valence-corrected chi connectivity index (χ2v) is 6.10. The van der Waals surface area contributed by atoms with E-state index in [1.165, 1.54) is 0 Å². The highest BCUT2D eigenvalue weighted by molar-refractivity contribution is 5.38. The van der Waals surface area contributed by atoms with Gasteiger partial charge in [-0.05, 0) is 69.3 Å². The van der Waals surface area contributed by atoms with Crippen LogP contribution in [0.2, 0.25) is 0 Å². The summed E-state index contributed by atoms with van der Waals surface area (Å²) in [5.41, 5.74) is -0.216. The Kier molecular flexibility index (Phi) is 5.22. The molecule has 0 unspecified atom stereocenters. The van der Waals surface area contributed by atoms with Gasteiger partial charge in [0.05, 0.1) is 5.35 Å². The second kappa shape index (κ2) is 7.14. The summed E-state index contributed by atoms with van der Waals surface area (Å²) >= 11 is 0. The minimum absolute atomic E-state index is 0.216. The topological polar surface area (TPSA) is 31.4 Å². The number of nitrogens with zero attached hydrogens (tertiary/aromatic N) is 1. The molecular formula is C20H23NO2. The van der Waals surface area contributed by atoms with E-state index >= 15 is 0 Å². The molecule has 0 aliphatic rings. The molecule has 2 rings (SSSR count). The maximum Gasteiger partial charge on any atom is 0.219 e. The molecule has 2 aromatic rings. The van der Waals surface area contributed by atoms with Gasteiger partial charge in [0, 0.05) is 6.07 Å². The number of aromatic nitrogens is 1. The number of ether oxygens (including phenoxy) is 2. The van der Waals surface area contributed by atoms with Crippen molar-refractivity contribution in [3.63, 3.8) is 0 Å². The van der Waals surface area contributed by atoms with Gasteiger partial charge in [0.25, 0.3) is 0 Å². The molecule has 3 heteroatoms. The number of allylic oxidation sites excluding steroid dienone is 1. The van der Waals surface area contributed by atoms with E-state index in [0.717, 1.165) is 22.1 Å². The first-order valence-corrected chi connectivity index (χ1v) is 7.64. The summed E-state index contributed by atoms with van der Waals surface area (Å²) in [7, 11) is 0. The Hall–Kier alpha value is -2.55. The van der Waals surface area contributed by atoms with Crippen molar-refractivity contribution in [2.75, 3.05) is 0 Å². The Labute approximate surface area is 137 Å². The van der Waals surface area contributed by atoms with Gasteiger partial charge >= 0.3 is 0 Å². The molecule has 120 valence electrons. The van der Waals surface area contributed by atoms with Crippen LogP contribution in [0.15, 0.2) is 49.1 Å². The van der Waals surface area contributed by atoms with Crippen molar-refractivity contribution in [1.29, 1.82) is 0 Å². The van der Waals surface area contributed by atoms with Crippen molar-refractivity contribution in [2.24, 2.45) is 0 Å². The molecule has 0 aliphatic heterocycles. The van der Waals surface area contributed by atoms with Crippen LogP contribution in [0.1, 0.15) is 27.7 Å². The smallest absolute Gasteiger partial charge is 0.219 e. The van der Waals surface area contributed by atoms with Crippen molar-refractivity contribution >= 4 is 12.2 Å². The first-order chi connectivity index (χ1) is 10.9. The number of rotatable bonds is 4. The predicted molar refractivity (Wildman–Crippen MR) is 95.2 cm³/mol. The van der Waals surface area contributed by atoms with Gasteiger partial charge in [-0.3, -0.25) is 0 Å². The van der Waals surface area contributed by atoms with Gasteiger partial charge in [-0.1, -0.05) is 18.7 Å². The van der Waals surface area contributed by atoms with Crippen LogP contribution in [0.25, 0.3) is 12.2 Å². The lowest BCUT2D eigenvalue weighted by molar-refractivity contribution is 0.131. The van der Waals surface area contributed by atoms with E-state index in [9.17, 15) is 0 Å². The fourth-order valence-corrected chi connectivity index (χ4v) is 2.06. The molecule has 0 aliphatic carbocycles. The Morgan fingerprint density at radius 3 is 2.22 bits per heavy atom. The van der Waals surface area contributed by atoms with Crippen LogP contribution in [0.3, 0.4) is 0 Å². The van der Waals surface area contributed by atoms with Gasteiger partial charge < -0.3 is 9.47 Å². The minimum Gasteiger partial charge on any atom is -0.488 e. The van der Waals surface area contributed by atoms with Gasteiger partial charge in [-0.15, -0.1) is 0 Å². The SMILES string of the molecule is C=C/C=c1/nc(Oc2ccc(OC(C)(C)C)cc2)cc/c1=C/C. The van der Waals surface area contributed by atoms with E-state index in [0.29, 0.717) is 5.88 Å². The van der Waals surface area contributed by atoms with Crippen LogP contribution in [0.5, 0.6) is 17.4 Å². The maximum absolute atomic E-state index is 5.82. The van der Waals surface area contributed by atoms with E-state index in [4.69, 9.17) is 9.47 Å². The summed E-state index contributed by atoms with van der Waals surface area (Å²) in [5.74, 6) is 2.08. The van der Waals surface area contributed by atoms with Crippen LogP contribution in [0, 0.1) is 0 Å². The summed E-state index contributed by atoms with van der Waals surface area (Å²) in [6.07, 6.45) is 5.59. The van der Waals surface area contributed by atoms with Gasteiger partial charge in [0.15, 0.2) is 0 Å². The third kappa shape index (κ3) is 4.99. The van der Waals surface area contributed by atoms with Gasteiger partial charge in [-0.2, -0.15) is 0 Å². The van der Waals surface area contributed by atoms with E-state index in [1.807, 2.05) is 76.2 Å². The zero-order valence-electron chi connectivity index (χ0n) is 14.2. The molecule has 1 aromatic carbocycles. The number of hydrogen-bond donors (Lipinski definition) is 0. The first kappa shape index (κ1) is 16.8. The lowest BCUT2D eigenvalue weighted by atomic mass is 10.2. The quantitative estimate of drug-likeness (QED) is 0.860. The Morgan fingerprint density at radius 1 is 1.00 bits per heavy atom. The molecule has 0 bridgehead atoms. The summed E-state index contributed by atoms with van der Waals surface area (Å²) in [5, 5.41) is 1.89. The average molecular weight is 309 g/mol. The van der Waals surface area contributed by atoms with E-state index in [2.05, 4.69) is 11.6 Å². The van der Waals surface area contributed by atoms with Gasteiger partial charge in [-0.25, -0.2) is 4.98 Å². The fraction of sp³-hybridized carbons (Fsp3) is 0.250. The molecule has 0 saturated heterocycles. The van der Waals surface area contributed by atoms with Crippen LogP contribution < -0.4 is 20.0 Å². The summed E-state index contributed by atoms with van der Waals surface area (Å²) in [6, 6.07) is 11.4. The molecule has 23 heavy (non-hydrogen) atoms. The number of pyridine rings is 1. The maximum atomic E-state index is 5.82. The van der Waals surface area contributed by atoms with Crippen molar-refractivity contribution in [3.8, 4) is 17.4 Å². The first-order valence-electron chi connectivity index (χ1n) is 7.64. The van der Waals surface area contributed by atoms with E-state index < -0.39 is 0 Å². The molecule has 0 fully saturated rings. The normalized spacial score (nSPS) is 13.0. The zero-order chi connectivity index (χ0) is 16.9. The highest BCUT2D eigenvalue weighted by Gasteiger charge is 2.11. The Bertz CT molecular complexity index is 784. The molecule has 0 N–H and O–H groups in total. The van der Waals surface area contributed by atoms with Crippen LogP contribution in [-0.2, 0) is 0 Å². The van der Waals surface area contributed by atoms with Crippen LogP contribution >= 0.6 is 0 Å². The largest absolute Gasteiger partial charge is 0.488 e. The molecule has 3 nitrogen and oxygen atoms in total. The van der Waals surface area contributed by atoms with Crippen LogP contribution in [-0.4, -0.2) is 10.6 Å². The lowest BCUT2D eigenvalue weighted by Crippen LogP contribution is -2.27. The fourth-order valence-electron chi connectivity index (χ4n) is 2.06. The van der Waals surface area contributed by atoms with Crippen molar-refractivity contribution < 1.29 is 9.47 Å². The van der Waals surface area contributed by atoms with E-state index in [-0.39, 0.29) is 5.60 Å².